The Morgan fingerprint density at radius 1 is 1.22 bits per heavy atom. The molecule has 0 atom stereocenters. The average Bonchev–Trinajstić information content (AvgIpc) is 3.27. The van der Waals surface area contributed by atoms with Crippen molar-refractivity contribution in [3.63, 3.8) is 0 Å². The largest absolute Gasteiger partial charge is 0.507 e. The van der Waals surface area contributed by atoms with Crippen LogP contribution in [0.3, 0.4) is 0 Å². The van der Waals surface area contributed by atoms with Crippen molar-refractivity contribution in [1.29, 1.82) is 0 Å². The first-order chi connectivity index (χ1) is 17.2. The first kappa shape index (κ1) is 24.5. The number of hydrogen-bond acceptors (Lipinski definition) is 5. The Balaban J connectivity index is 1.55. The second kappa shape index (κ2) is 9.68. The zero-order chi connectivity index (χ0) is 25.6. The number of aromatic hydroxyl groups is 1. The van der Waals surface area contributed by atoms with Gasteiger partial charge >= 0.3 is 0 Å². The molecule has 0 aromatic heterocycles. The molecule has 1 saturated heterocycles. The highest BCUT2D eigenvalue weighted by atomic mass is 35.5. The molecule has 2 aromatic carbocycles. The van der Waals surface area contributed by atoms with E-state index in [1.165, 1.54) is 0 Å². The van der Waals surface area contributed by atoms with Crippen molar-refractivity contribution in [2.24, 2.45) is 11.8 Å². The van der Waals surface area contributed by atoms with Crippen LogP contribution in [0.5, 0.6) is 5.75 Å². The molecule has 36 heavy (non-hydrogen) atoms. The summed E-state index contributed by atoms with van der Waals surface area (Å²) >= 11 is 6.14. The zero-order valence-electron chi connectivity index (χ0n) is 20.8. The standard InChI is InChI=1S/C29H32ClN3O3/c1-17(2)13-26-18(3)31-24-15-23(29(35)32-10-7-21-14-22(30)5-6-25(21)32)28(34)16-27(24)33(26)19(4)20-8-11-36-12-9-20/h5-6,13-17,20,31,34H,3-4,7-12H2,1-2H3/b26-13-. The number of allylic oxidation sites excluding steroid dienone is 2. The van der Waals surface area contributed by atoms with Crippen LogP contribution < -0.4 is 15.1 Å². The number of hydrogen-bond donors (Lipinski definition) is 2. The molecule has 0 aliphatic carbocycles. The van der Waals surface area contributed by atoms with Crippen LogP contribution in [0.15, 0.2) is 66.7 Å². The minimum absolute atomic E-state index is 0.0656. The molecular weight excluding hydrogens is 474 g/mol. The maximum absolute atomic E-state index is 13.6. The molecule has 7 heteroatoms. The number of anilines is 3. The highest BCUT2D eigenvalue weighted by molar-refractivity contribution is 6.30. The molecule has 5 rings (SSSR count). The molecule has 3 aliphatic heterocycles. The second-order valence-corrected chi connectivity index (χ2v) is 10.4. The van der Waals surface area contributed by atoms with Gasteiger partial charge in [-0.25, -0.2) is 0 Å². The maximum Gasteiger partial charge on any atom is 0.262 e. The van der Waals surface area contributed by atoms with Crippen LogP contribution >= 0.6 is 11.6 Å². The molecule has 0 radical (unpaired) electrons. The van der Waals surface area contributed by atoms with E-state index in [-0.39, 0.29) is 29.1 Å². The second-order valence-electron chi connectivity index (χ2n) is 9.98. The zero-order valence-corrected chi connectivity index (χ0v) is 21.6. The lowest BCUT2D eigenvalue weighted by Crippen LogP contribution is -2.35. The van der Waals surface area contributed by atoms with Gasteiger partial charge in [0, 0.05) is 48.1 Å². The molecule has 1 fully saturated rings. The predicted octanol–water partition coefficient (Wildman–Crippen LogP) is 6.47. The van der Waals surface area contributed by atoms with E-state index in [1.807, 2.05) is 12.1 Å². The summed E-state index contributed by atoms with van der Waals surface area (Å²) in [5.41, 5.74) is 6.16. The van der Waals surface area contributed by atoms with Crippen LogP contribution in [0.4, 0.5) is 17.1 Å². The monoisotopic (exact) mass is 505 g/mol. The molecule has 2 N–H and O–H groups in total. The number of carbonyl (C=O) groups is 1. The van der Waals surface area contributed by atoms with Gasteiger partial charge in [-0.15, -0.1) is 0 Å². The molecule has 0 spiro atoms. The maximum atomic E-state index is 13.6. The summed E-state index contributed by atoms with van der Waals surface area (Å²) in [5.74, 6) is 0.221. The van der Waals surface area contributed by atoms with E-state index in [1.54, 1.807) is 23.1 Å². The number of amides is 1. The van der Waals surface area contributed by atoms with Gasteiger partial charge in [0.05, 0.1) is 28.3 Å². The van der Waals surface area contributed by atoms with Crippen LogP contribution in [0, 0.1) is 11.8 Å². The van der Waals surface area contributed by atoms with Crippen molar-refractivity contribution in [2.75, 3.05) is 34.9 Å². The Kier molecular flexibility index (Phi) is 6.58. The third kappa shape index (κ3) is 4.40. The summed E-state index contributed by atoms with van der Waals surface area (Å²) in [6, 6.07) is 8.93. The van der Waals surface area contributed by atoms with Gasteiger partial charge in [-0.1, -0.05) is 44.7 Å². The Bertz CT molecular complexity index is 1280. The van der Waals surface area contributed by atoms with Crippen LogP contribution in [0.1, 0.15) is 42.6 Å². The summed E-state index contributed by atoms with van der Waals surface area (Å²) < 4.78 is 5.57. The van der Waals surface area contributed by atoms with Gasteiger partial charge in [0.1, 0.15) is 5.75 Å². The molecule has 3 aliphatic rings. The van der Waals surface area contributed by atoms with Gasteiger partial charge in [-0.05, 0) is 55.0 Å². The summed E-state index contributed by atoms with van der Waals surface area (Å²) in [6.07, 6.45) is 4.65. The smallest absolute Gasteiger partial charge is 0.262 e. The predicted molar refractivity (Wildman–Crippen MR) is 146 cm³/mol. The van der Waals surface area contributed by atoms with E-state index < -0.39 is 0 Å². The highest BCUT2D eigenvalue weighted by Gasteiger charge is 2.34. The fourth-order valence-electron chi connectivity index (χ4n) is 5.27. The summed E-state index contributed by atoms with van der Waals surface area (Å²) in [4.78, 5) is 17.4. The Morgan fingerprint density at radius 3 is 2.69 bits per heavy atom. The van der Waals surface area contributed by atoms with Gasteiger partial charge < -0.3 is 25.0 Å². The Morgan fingerprint density at radius 2 is 1.97 bits per heavy atom. The van der Waals surface area contributed by atoms with Crippen LogP contribution in [-0.4, -0.2) is 30.8 Å². The summed E-state index contributed by atoms with van der Waals surface area (Å²) in [6.45, 7) is 14.9. The van der Waals surface area contributed by atoms with Crippen molar-refractivity contribution in [1.82, 2.24) is 0 Å². The van der Waals surface area contributed by atoms with E-state index >= 15 is 0 Å². The number of phenols is 1. The van der Waals surface area contributed by atoms with Crippen molar-refractivity contribution < 1.29 is 14.6 Å². The van der Waals surface area contributed by atoms with Crippen LogP contribution in [0.25, 0.3) is 0 Å². The molecule has 1 amide bonds. The first-order valence-electron chi connectivity index (χ1n) is 12.5. The SMILES string of the molecule is C=C1Nc2cc(C(=O)N3CCc4cc(Cl)ccc43)c(O)cc2N(C(=C)C2CCOCC2)/C1=C\C(C)C. The Hall–Kier alpha value is -3.22. The van der Waals surface area contributed by atoms with Gasteiger partial charge in [0.15, 0.2) is 0 Å². The lowest BCUT2D eigenvalue weighted by atomic mass is 9.93. The lowest BCUT2D eigenvalue weighted by molar-refractivity contribution is 0.0754. The first-order valence-corrected chi connectivity index (χ1v) is 12.8. The van der Waals surface area contributed by atoms with Gasteiger partial charge in [-0.2, -0.15) is 0 Å². The summed E-state index contributed by atoms with van der Waals surface area (Å²) in [5, 5.41) is 15.1. The molecule has 3 heterocycles. The summed E-state index contributed by atoms with van der Waals surface area (Å²) in [7, 11) is 0. The fourth-order valence-corrected chi connectivity index (χ4v) is 5.46. The van der Waals surface area contributed by atoms with Crippen LogP contribution in [0.2, 0.25) is 5.02 Å². The number of carbonyl (C=O) groups excluding carboxylic acids is 1. The number of halogens is 1. The average molecular weight is 506 g/mol. The molecule has 6 nitrogen and oxygen atoms in total. The minimum atomic E-state index is -0.248. The molecule has 0 saturated carbocycles. The topological polar surface area (TPSA) is 65.0 Å². The molecular formula is C29H32ClN3O3. The number of nitrogens with zero attached hydrogens (tertiary/aromatic N) is 2. The quantitative estimate of drug-likeness (QED) is 0.466. The lowest BCUT2D eigenvalue weighted by Gasteiger charge is -2.40. The van der Waals surface area contributed by atoms with Crippen LogP contribution in [-0.2, 0) is 11.2 Å². The molecule has 188 valence electrons. The fraction of sp³-hybridized carbons (Fsp3) is 0.345. The molecule has 2 aromatic rings. The number of nitrogens with one attached hydrogen (secondary N) is 1. The Labute approximate surface area is 217 Å². The highest BCUT2D eigenvalue weighted by Crippen LogP contribution is 2.45. The number of phenolic OH excluding ortho intramolecular Hbond substituents is 1. The van der Waals surface area contributed by atoms with Gasteiger partial charge in [0.2, 0.25) is 0 Å². The van der Waals surface area contributed by atoms with Gasteiger partial charge in [-0.3, -0.25) is 4.79 Å². The number of ether oxygens (including phenoxy) is 1. The number of rotatable bonds is 4. The number of fused-ring (bicyclic) bond motifs is 2. The van der Waals surface area contributed by atoms with Crippen molar-refractivity contribution in [2.45, 2.75) is 33.1 Å². The number of benzene rings is 2. The molecule has 0 bridgehead atoms. The minimum Gasteiger partial charge on any atom is -0.507 e. The third-order valence-electron chi connectivity index (χ3n) is 7.07. The van der Waals surface area contributed by atoms with Crippen molar-refractivity contribution >= 4 is 34.6 Å². The van der Waals surface area contributed by atoms with E-state index in [0.717, 1.165) is 53.3 Å². The van der Waals surface area contributed by atoms with Gasteiger partial charge in [0.25, 0.3) is 5.91 Å². The van der Waals surface area contributed by atoms with E-state index in [2.05, 4.69) is 43.3 Å². The van der Waals surface area contributed by atoms with E-state index in [0.29, 0.717) is 30.5 Å². The molecule has 0 unspecified atom stereocenters. The van der Waals surface area contributed by atoms with E-state index in [9.17, 15) is 9.90 Å². The third-order valence-corrected chi connectivity index (χ3v) is 7.31. The van der Waals surface area contributed by atoms with Crippen molar-refractivity contribution in [3.05, 3.63) is 82.8 Å². The van der Waals surface area contributed by atoms with E-state index in [4.69, 9.17) is 16.3 Å². The van der Waals surface area contributed by atoms with Crippen molar-refractivity contribution in [3.8, 4) is 5.75 Å². The normalized spacial score (nSPS) is 18.9.